The lowest BCUT2D eigenvalue weighted by Crippen LogP contribution is -2.29. The molecule has 1 aliphatic rings. The van der Waals surface area contributed by atoms with Gasteiger partial charge in [0.2, 0.25) is 5.91 Å². The first-order valence-electron chi connectivity index (χ1n) is 8.98. The van der Waals surface area contributed by atoms with Crippen LogP contribution in [-0.4, -0.2) is 35.0 Å². The molecule has 0 radical (unpaired) electrons. The van der Waals surface area contributed by atoms with Crippen molar-refractivity contribution in [2.45, 2.75) is 33.9 Å². The Balaban J connectivity index is 1.60. The molecular weight excluding hydrogens is 344 g/mol. The number of nitrogens with zero attached hydrogens (tertiary/aromatic N) is 1. The van der Waals surface area contributed by atoms with E-state index in [0.717, 1.165) is 13.1 Å². The van der Waals surface area contributed by atoms with E-state index in [1.807, 2.05) is 0 Å². The van der Waals surface area contributed by atoms with Gasteiger partial charge in [0.25, 0.3) is 0 Å². The monoisotopic (exact) mass is 368 g/mol. The molecule has 1 heterocycles. The molecule has 0 aromatic heterocycles. The molecule has 0 unspecified atom stereocenters. The second kappa shape index (κ2) is 7.80. The summed E-state index contributed by atoms with van der Waals surface area (Å²) in [7, 11) is 0. The fourth-order valence-corrected chi connectivity index (χ4v) is 3.27. The second-order valence-corrected chi connectivity index (χ2v) is 6.85. The maximum atomic E-state index is 12.4. The van der Waals surface area contributed by atoms with Crippen molar-refractivity contribution in [3.05, 3.63) is 58.1 Å². The van der Waals surface area contributed by atoms with Crippen LogP contribution in [0.4, 0.5) is 5.69 Å². The number of aryl methyl sites for hydroxylation is 2. The van der Waals surface area contributed by atoms with E-state index in [1.54, 1.807) is 13.0 Å². The zero-order chi connectivity index (χ0) is 19.6. The summed E-state index contributed by atoms with van der Waals surface area (Å²) >= 11 is 0. The number of phenols is 1. The van der Waals surface area contributed by atoms with Gasteiger partial charge in [0.15, 0.2) is 0 Å². The number of anilines is 1. The van der Waals surface area contributed by atoms with Crippen LogP contribution < -0.4 is 5.32 Å². The summed E-state index contributed by atoms with van der Waals surface area (Å²) in [6.07, 6.45) is 0. The minimum absolute atomic E-state index is 0.0792. The number of fused-ring (bicyclic) bond motifs is 1. The van der Waals surface area contributed by atoms with E-state index in [2.05, 4.69) is 36.2 Å². The number of carbonyl (C=O) groups excluding carboxylic acids is 2. The quantitative estimate of drug-likeness (QED) is 0.793. The van der Waals surface area contributed by atoms with Crippen molar-refractivity contribution in [3.63, 3.8) is 0 Å². The summed E-state index contributed by atoms with van der Waals surface area (Å²) in [5.41, 5.74) is 5.57. The molecule has 3 rings (SSSR count). The minimum atomic E-state index is -0.590. The number of hydrogen-bond acceptors (Lipinski definition) is 5. The Hall–Kier alpha value is -2.86. The highest BCUT2D eigenvalue weighted by molar-refractivity contribution is 5.96. The summed E-state index contributed by atoms with van der Waals surface area (Å²) < 4.78 is 4.87. The van der Waals surface area contributed by atoms with Gasteiger partial charge in [-0.25, -0.2) is 4.79 Å². The molecule has 1 aliphatic heterocycles. The molecule has 0 saturated heterocycles. The molecule has 27 heavy (non-hydrogen) atoms. The molecule has 142 valence electrons. The SMILES string of the molecule is CCOC(=O)c1ccc(NC(=O)CN2Cc3cc(C)c(C)cc3C2)cc1O. The Labute approximate surface area is 158 Å². The van der Waals surface area contributed by atoms with Gasteiger partial charge in [-0.05, 0) is 55.2 Å². The lowest BCUT2D eigenvalue weighted by atomic mass is 10.0. The molecule has 2 aromatic carbocycles. The number of esters is 1. The van der Waals surface area contributed by atoms with Gasteiger partial charge in [0.1, 0.15) is 11.3 Å². The topological polar surface area (TPSA) is 78.9 Å². The Morgan fingerprint density at radius 2 is 1.74 bits per heavy atom. The summed E-state index contributed by atoms with van der Waals surface area (Å²) in [6, 6.07) is 8.76. The first-order chi connectivity index (χ1) is 12.9. The van der Waals surface area contributed by atoms with E-state index in [-0.39, 0.29) is 30.4 Å². The first-order valence-corrected chi connectivity index (χ1v) is 8.98. The van der Waals surface area contributed by atoms with E-state index in [1.165, 1.54) is 34.4 Å². The number of phenolic OH excluding ortho intramolecular Hbond substituents is 1. The van der Waals surface area contributed by atoms with Crippen molar-refractivity contribution in [3.8, 4) is 5.75 Å². The van der Waals surface area contributed by atoms with Crippen LogP contribution in [0.15, 0.2) is 30.3 Å². The molecule has 0 bridgehead atoms. The Morgan fingerprint density at radius 3 is 2.30 bits per heavy atom. The van der Waals surface area contributed by atoms with Crippen molar-refractivity contribution in [1.29, 1.82) is 0 Å². The average molecular weight is 368 g/mol. The third-order valence-electron chi connectivity index (χ3n) is 4.75. The van der Waals surface area contributed by atoms with Gasteiger partial charge >= 0.3 is 5.97 Å². The van der Waals surface area contributed by atoms with Gasteiger partial charge < -0.3 is 15.2 Å². The Morgan fingerprint density at radius 1 is 1.11 bits per heavy atom. The smallest absolute Gasteiger partial charge is 0.341 e. The molecule has 2 aromatic rings. The van der Waals surface area contributed by atoms with Gasteiger partial charge in [-0.3, -0.25) is 9.69 Å². The lowest BCUT2D eigenvalue weighted by Gasteiger charge is -2.15. The predicted octanol–water partition coefficient (Wildman–Crippen LogP) is 3.14. The number of aromatic hydroxyl groups is 1. The Bertz CT molecular complexity index is 861. The third-order valence-corrected chi connectivity index (χ3v) is 4.75. The molecule has 0 aliphatic carbocycles. The number of nitrogens with one attached hydrogen (secondary N) is 1. The van der Waals surface area contributed by atoms with E-state index in [9.17, 15) is 14.7 Å². The summed E-state index contributed by atoms with van der Waals surface area (Å²) in [5.74, 6) is -0.974. The van der Waals surface area contributed by atoms with Crippen molar-refractivity contribution in [2.75, 3.05) is 18.5 Å². The van der Waals surface area contributed by atoms with Crippen LogP contribution in [0.1, 0.15) is 39.5 Å². The maximum absolute atomic E-state index is 12.4. The highest BCUT2D eigenvalue weighted by Gasteiger charge is 2.22. The number of hydrogen-bond donors (Lipinski definition) is 2. The van der Waals surface area contributed by atoms with Gasteiger partial charge in [-0.1, -0.05) is 12.1 Å². The van der Waals surface area contributed by atoms with Crippen LogP contribution in [0.5, 0.6) is 5.75 Å². The zero-order valence-corrected chi connectivity index (χ0v) is 15.8. The van der Waals surface area contributed by atoms with E-state index < -0.39 is 5.97 Å². The second-order valence-electron chi connectivity index (χ2n) is 6.85. The molecule has 1 amide bonds. The van der Waals surface area contributed by atoms with Crippen molar-refractivity contribution in [2.24, 2.45) is 0 Å². The molecule has 2 N–H and O–H groups in total. The fraction of sp³-hybridized carbons (Fsp3) is 0.333. The number of amides is 1. The highest BCUT2D eigenvalue weighted by atomic mass is 16.5. The normalized spacial score (nSPS) is 13.3. The molecule has 0 atom stereocenters. The van der Waals surface area contributed by atoms with Crippen LogP contribution in [0.2, 0.25) is 0 Å². The average Bonchev–Trinajstić information content (AvgIpc) is 2.96. The Kier molecular flexibility index (Phi) is 5.46. The van der Waals surface area contributed by atoms with Crippen LogP contribution in [0.25, 0.3) is 0 Å². The minimum Gasteiger partial charge on any atom is -0.507 e. The fourth-order valence-electron chi connectivity index (χ4n) is 3.27. The standard InChI is InChI=1S/C21H24N2O4/c1-4-27-21(26)18-6-5-17(9-19(18)24)22-20(25)12-23-10-15-7-13(2)14(3)8-16(15)11-23/h5-9,24H,4,10-12H2,1-3H3,(H,22,25). The molecule has 0 spiro atoms. The van der Waals surface area contributed by atoms with Crippen LogP contribution in [0, 0.1) is 13.8 Å². The van der Waals surface area contributed by atoms with Gasteiger partial charge in [0, 0.05) is 24.8 Å². The number of carbonyl (C=O) groups is 2. The van der Waals surface area contributed by atoms with E-state index >= 15 is 0 Å². The number of benzene rings is 2. The van der Waals surface area contributed by atoms with Crippen LogP contribution in [0.3, 0.4) is 0 Å². The molecule has 0 saturated carbocycles. The summed E-state index contributed by atoms with van der Waals surface area (Å²) in [4.78, 5) is 26.1. The predicted molar refractivity (Wildman–Crippen MR) is 103 cm³/mol. The first kappa shape index (κ1) is 18.9. The molecule has 6 nitrogen and oxygen atoms in total. The largest absolute Gasteiger partial charge is 0.507 e. The van der Waals surface area contributed by atoms with Gasteiger partial charge in [-0.15, -0.1) is 0 Å². The van der Waals surface area contributed by atoms with Crippen molar-refractivity contribution >= 4 is 17.6 Å². The highest BCUT2D eigenvalue weighted by Crippen LogP contribution is 2.26. The van der Waals surface area contributed by atoms with Crippen molar-refractivity contribution in [1.82, 2.24) is 4.90 Å². The summed E-state index contributed by atoms with van der Waals surface area (Å²) in [5, 5.41) is 12.8. The molecular formula is C21H24N2O4. The number of ether oxygens (including phenoxy) is 1. The van der Waals surface area contributed by atoms with Gasteiger partial charge in [0.05, 0.1) is 13.2 Å². The lowest BCUT2D eigenvalue weighted by molar-refractivity contribution is -0.117. The summed E-state index contributed by atoms with van der Waals surface area (Å²) in [6.45, 7) is 7.87. The zero-order valence-electron chi connectivity index (χ0n) is 15.8. The van der Waals surface area contributed by atoms with E-state index in [4.69, 9.17) is 4.74 Å². The van der Waals surface area contributed by atoms with Crippen LogP contribution >= 0.6 is 0 Å². The maximum Gasteiger partial charge on any atom is 0.341 e. The van der Waals surface area contributed by atoms with Crippen molar-refractivity contribution < 1.29 is 19.4 Å². The third kappa shape index (κ3) is 4.28. The van der Waals surface area contributed by atoms with Gasteiger partial charge in [-0.2, -0.15) is 0 Å². The number of rotatable bonds is 5. The molecule has 0 fully saturated rings. The van der Waals surface area contributed by atoms with Crippen LogP contribution in [-0.2, 0) is 22.6 Å². The molecule has 6 heteroatoms. The van der Waals surface area contributed by atoms with E-state index in [0.29, 0.717) is 5.69 Å².